The highest BCUT2D eigenvalue weighted by Gasteiger charge is 2.15. The molecule has 82 valence electrons. The van der Waals surface area contributed by atoms with Crippen LogP contribution in [0.5, 0.6) is 5.75 Å². The molecule has 0 aliphatic heterocycles. The minimum Gasteiger partial charge on any atom is -0.490 e. The van der Waals surface area contributed by atoms with E-state index in [4.69, 9.17) is 16.3 Å². The third-order valence-electron chi connectivity index (χ3n) is 2.85. The Balaban J connectivity index is 2.02. The van der Waals surface area contributed by atoms with Gasteiger partial charge in [-0.25, -0.2) is 0 Å². The van der Waals surface area contributed by atoms with Crippen LogP contribution in [0.4, 0.5) is 0 Å². The van der Waals surface area contributed by atoms with Crippen LogP contribution in [-0.2, 0) is 5.88 Å². The van der Waals surface area contributed by atoms with Crippen molar-refractivity contribution >= 4 is 11.6 Å². The molecule has 1 aromatic rings. The van der Waals surface area contributed by atoms with Gasteiger partial charge in [0.25, 0.3) is 0 Å². The summed E-state index contributed by atoms with van der Waals surface area (Å²) in [5.74, 6) is 1.38. The van der Waals surface area contributed by atoms with Crippen LogP contribution < -0.4 is 4.74 Å². The molecule has 0 bridgehead atoms. The molecule has 0 unspecified atom stereocenters. The Kier molecular flexibility index (Phi) is 3.84. The number of nitrogens with zero attached hydrogens (tertiary/aromatic N) is 1. The molecule has 0 amide bonds. The molecule has 0 N–H and O–H groups in total. The Bertz CT molecular complexity index is 310. The molecule has 2 rings (SSSR count). The highest BCUT2D eigenvalue weighted by molar-refractivity contribution is 6.17. The normalized spacial score (nSPS) is 17.7. The van der Waals surface area contributed by atoms with Crippen molar-refractivity contribution in [1.29, 1.82) is 0 Å². The number of pyridine rings is 1. The molecule has 0 saturated heterocycles. The van der Waals surface area contributed by atoms with Gasteiger partial charge in [-0.2, -0.15) is 0 Å². The van der Waals surface area contributed by atoms with E-state index >= 15 is 0 Å². The van der Waals surface area contributed by atoms with Crippen molar-refractivity contribution in [2.75, 3.05) is 0 Å². The van der Waals surface area contributed by atoms with E-state index in [0.717, 1.165) is 11.3 Å². The van der Waals surface area contributed by atoms with Crippen LogP contribution in [0.25, 0.3) is 0 Å². The van der Waals surface area contributed by atoms with Crippen molar-refractivity contribution in [1.82, 2.24) is 4.98 Å². The maximum Gasteiger partial charge on any atom is 0.127 e. The van der Waals surface area contributed by atoms with Gasteiger partial charge >= 0.3 is 0 Å². The first-order valence-electron chi connectivity index (χ1n) is 5.55. The standard InChI is InChI=1S/C12H16ClNO/c13-8-10-9-14-7-6-12(10)15-11-4-2-1-3-5-11/h6-7,9,11H,1-5,8H2. The van der Waals surface area contributed by atoms with E-state index in [2.05, 4.69) is 4.98 Å². The highest BCUT2D eigenvalue weighted by atomic mass is 35.5. The first-order chi connectivity index (χ1) is 7.40. The van der Waals surface area contributed by atoms with Crippen molar-refractivity contribution in [3.63, 3.8) is 0 Å². The zero-order valence-corrected chi connectivity index (χ0v) is 9.54. The summed E-state index contributed by atoms with van der Waals surface area (Å²) in [5, 5.41) is 0. The van der Waals surface area contributed by atoms with E-state index in [0.29, 0.717) is 12.0 Å². The Morgan fingerprint density at radius 2 is 2.13 bits per heavy atom. The molecule has 0 spiro atoms. The van der Waals surface area contributed by atoms with Gasteiger partial charge in [0.15, 0.2) is 0 Å². The van der Waals surface area contributed by atoms with E-state index in [-0.39, 0.29) is 0 Å². The molecule has 1 aromatic heterocycles. The fourth-order valence-corrected chi connectivity index (χ4v) is 2.19. The summed E-state index contributed by atoms with van der Waals surface area (Å²) >= 11 is 5.83. The van der Waals surface area contributed by atoms with Gasteiger partial charge < -0.3 is 4.74 Å². The topological polar surface area (TPSA) is 22.1 Å². The van der Waals surface area contributed by atoms with Crippen LogP contribution in [0.2, 0.25) is 0 Å². The molecule has 0 radical (unpaired) electrons. The summed E-state index contributed by atoms with van der Waals surface area (Å²) in [7, 11) is 0. The largest absolute Gasteiger partial charge is 0.490 e. The minimum atomic E-state index is 0.378. The van der Waals surface area contributed by atoms with Gasteiger partial charge in [-0.3, -0.25) is 4.98 Å². The van der Waals surface area contributed by atoms with E-state index in [1.165, 1.54) is 32.1 Å². The maximum atomic E-state index is 5.95. The molecule has 0 atom stereocenters. The molecular formula is C12H16ClNO. The monoisotopic (exact) mass is 225 g/mol. The first-order valence-corrected chi connectivity index (χ1v) is 6.09. The van der Waals surface area contributed by atoms with E-state index in [9.17, 15) is 0 Å². The van der Waals surface area contributed by atoms with E-state index in [1.807, 2.05) is 6.07 Å². The fourth-order valence-electron chi connectivity index (χ4n) is 1.99. The number of rotatable bonds is 3. The maximum absolute atomic E-state index is 5.95. The van der Waals surface area contributed by atoms with Gasteiger partial charge in [0.1, 0.15) is 5.75 Å². The summed E-state index contributed by atoms with van der Waals surface area (Å²) < 4.78 is 5.95. The molecule has 15 heavy (non-hydrogen) atoms. The predicted molar refractivity (Wildman–Crippen MR) is 61.3 cm³/mol. The summed E-state index contributed by atoms with van der Waals surface area (Å²) in [4.78, 5) is 4.04. The second-order valence-corrected chi connectivity index (χ2v) is 4.26. The van der Waals surface area contributed by atoms with Crippen LogP contribution in [0, 0.1) is 0 Å². The van der Waals surface area contributed by atoms with Gasteiger partial charge in [0.2, 0.25) is 0 Å². The smallest absolute Gasteiger partial charge is 0.127 e. The van der Waals surface area contributed by atoms with Crippen LogP contribution in [0.15, 0.2) is 18.5 Å². The van der Waals surface area contributed by atoms with Crippen molar-refractivity contribution in [3.8, 4) is 5.75 Å². The van der Waals surface area contributed by atoms with Crippen molar-refractivity contribution in [2.45, 2.75) is 44.1 Å². The first kappa shape index (κ1) is 10.7. The molecule has 1 fully saturated rings. The minimum absolute atomic E-state index is 0.378. The molecule has 3 heteroatoms. The summed E-state index contributed by atoms with van der Waals surface area (Å²) in [6.45, 7) is 0. The second-order valence-electron chi connectivity index (χ2n) is 3.99. The lowest BCUT2D eigenvalue weighted by Gasteiger charge is -2.23. The Morgan fingerprint density at radius 3 is 2.87 bits per heavy atom. The third kappa shape index (κ3) is 2.85. The molecular weight excluding hydrogens is 210 g/mol. The quantitative estimate of drug-likeness (QED) is 0.735. The number of alkyl halides is 1. The van der Waals surface area contributed by atoms with Crippen LogP contribution in [0.3, 0.4) is 0 Å². The number of ether oxygens (including phenoxy) is 1. The van der Waals surface area contributed by atoms with Gasteiger partial charge in [0, 0.05) is 18.0 Å². The SMILES string of the molecule is ClCc1cnccc1OC1CCCCC1. The lowest BCUT2D eigenvalue weighted by atomic mass is 9.98. The van der Waals surface area contributed by atoms with E-state index < -0.39 is 0 Å². The molecule has 2 nitrogen and oxygen atoms in total. The summed E-state index contributed by atoms with van der Waals surface area (Å²) in [6, 6.07) is 1.91. The van der Waals surface area contributed by atoms with Gasteiger partial charge in [-0.15, -0.1) is 11.6 Å². The number of halogens is 1. The second kappa shape index (κ2) is 5.36. The lowest BCUT2D eigenvalue weighted by molar-refractivity contribution is 0.153. The molecule has 1 aliphatic carbocycles. The molecule has 1 heterocycles. The van der Waals surface area contributed by atoms with E-state index in [1.54, 1.807) is 12.4 Å². The lowest BCUT2D eigenvalue weighted by Crippen LogP contribution is -2.20. The van der Waals surface area contributed by atoms with Gasteiger partial charge in [-0.1, -0.05) is 6.42 Å². The van der Waals surface area contributed by atoms with Crippen molar-refractivity contribution in [2.24, 2.45) is 0 Å². The van der Waals surface area contributed by atoms with Crippen LogP contribution in [0.1, 0.15) is 37.7 Å². The summed E-state index contributed by atoms with van der Waals surface area (Å²) in [6.07, 6.45) is 10.2. The average molecular weight is 226 g/mol. The van der Waals surface area contributed by atoms with Gasteiger partial charge in [-0.05, 0) is 31.7 Å². The van der Waals surface area contributed by atoms with Crippen molar-refractivity contribution in [3.05, 3.63) is 24.0 Å². The zero-order valence-electron chi connectivity index (χ0n) is 8.79. The van der Waals surface area contributed by atoms with Crippen LogP contribution >= 0.6 is 11.6 Å². The fraction of sp³-hybridized carbons (Fsp3) is 0.583. The third-order valence-corrected chi connectivity index (χ3v) is 3.14. The Hall–Kier alpha value is -0.760. The Morgan fingerprint density at radius 1 is 1.33 bits per heavy atom. The zero-order chi connectivity index (χ0) is 10.5. The number of aromatic nitrogens is 1. The highest BCUT2D eigenvalue weighted by Crippen LogP contribution is 2.26. The Labute approximate surface area is 95.6 Å². The molecule has 0 aromatic carbocycles. The number of hydrogen-bond acceptors (Lipinski definition) is 2. The number of hydrogen-bond donors (Lipinski definition) is 0. The van der Waals surface area contributed by atoms with Crippen LogP contribution in [-0.4, -0.2) is 11.1 Å². The summed E-state index contributed by atoms with van der Waals surface area (Å²) in [5.41, 5.74) is 0.991. The molecule has 1 aliphatic rings. The van der Waals surface area contributed by atoms with Gasteiger partial charge in [0.05, 0.1) is 12.0 Å². The average Bonchev–Trinajstić information content (AvgIpc) is 2.31. The predicted octanol–water partition coefficient (Wildman–Crippen LogP) is 3.53. The molecule has 1 saturated carbocycles. The van der Waals surface area contributed by atoms with Crippen molar-refractivity contribution < 1.29 is 4.74 Å².